The van der Waals surface area contributed by atoms with Crippen LogP contribution in [0.15, 0.2) is 78.9 Å². The van der Waals surface area contributed by atoms with Crippen molar-refractivity contribution in [1.29, 1.82) is 0 Å². The minimum atomic E-state index is -4.41. The molecule has 0 spiro atoms. The van der Waals surface area contributed by atoms with Crippen LogP contribution in [0.4, 0.5) is 13.2 Å². The van der Waals surface area contributed by atoms with E-state index in [1.54, 1.807) is 42.5 Å². The van der Waals surface area contributed by atoms with Gasteiger partial charge in [0.1, 0.15) is 17.5 Å². The van der Waals surface area contributed by atoms with Gasteiger partial charge >= 0.3 is 6.18 Å². The standard InChI is InChI=1S/C24H23F3N2O2.2ClH/c25-24(26,27)23(29-15-13-28-14-16-29)18-11-12-21(30-19-7-3-1-4-8-19)22(17-18)31-20-9-5-2-6-10-20;;/h1-12,17,23,28H,13-16H2;2*1H/t23-;;/m1../s1. The molecule has 0 radical (unpaired) electrons. The van der Waals surface area contributed by atoms with Crippen molar-refractivity contribution in [1.82, 2.24) is 10.2 Å². The van der Waals surface area contributed by atoms with Crippen LogP contribution in [0.25, 0.3) is 0 Å². The number of nitrogens with zero attached hydrogens (tertiary/aromatic N) is 1. The zero-order chi connectivity index (χ0) is 21.7. The largest absolute Gasteiger partial charge is 0.453 e. The fraction of sp³-hybridized carbons (Fsp3) is 0.250. The molecular formula is C24H25Cl2F3N2O2. The van der Waals surface area contributed by atoms with Crippen molar-refractivity contribution in [2.45, 2.75) is 12.2 Å². The van der Waals surface area contributed by atoms with E-state index >= 15 is 0 Å². The quantitative estimate of drug-likeness (QED) is 0.412. The maximum Gasteiger partial charge on any atom is 0.408 e. The molecule has 0 bridgehead atoms. The summed E-state index contributed by atoms with van der Waals surface area (Å²) in [5.41, 5.74) is 0.126. The van der Waals surface area contributed by atoms with Crippen LogP contribution in [0.2, 0.25) is 0 Å². The number of para-hydroxylation sites is 2. The van der Waals surface area contributed by atoms with Crippen LogP contribution in [0.3, 0.4) is 0 Å². The Bertz CT molecular complexity index is 986. The van der Waals surface area contributed by atoms with Gasteiger partial charge in [-0.1, -0.05) is 42.5 Å². The number of piperazine rings is 1. The van der Waals surface area contributed by atoms with Crippen molar-refractivity contribution in [3.63, 3.8) is 0 Å². The van der Waals surface area contributed by atoms with Crippen LogP contribution in [-0.4, -0.2) is 37.3 Å². The van der Waals surface area contributed by atoms with Gasteiger partial charge in [-0.15, -0.1) is 24.8 Å². The Labute approximate surface area is 203 Å². The molecule has 4 nitrogen and oxygen atoms in total. The third-order valence-corrected chi connectivity index (χ3v) is 5.05. The van der Waals surface area contributed by atoms with Gasteiger partial charge in [0.25, 0.3) is 0 Å². The molecule has 1 aliphatic heterocycles. The number of ether oxygens (including phenoxy) is 2. The highest BCUT2D eigenvalue weighted by Crippen LogP contribution is 2.42. The Kier molecular flexibility index (Phi) is 9.86. The van der Waals surface area contributed by atoms with Crippen LogP contribution in [-0.2, 0) is 0 Å². The zero-order valence-corrected chi connectivity index (χ0v) is 19.3. The van der Waals surface area contributed by atoms with Crippen molar-refractivity contribution in [2.24, 2.45) is 0 Å². The van der Waals surface area contributed by atoms with Crippen LogP contribution in [0.1, 0.15) is 11.6 Å². The van der Waals surface area contributed by atoms with E-state index in [0.717, 1.165) is 0 Å². The number of rotatable bonds is 6. The van der Waals surface area contributed by atoms with Gasteiger partial charge in [-0.25, -0.2) is 0 Å². The van der Waals surface area contributed by atoms with Crippen LogP contribution < -0.4 is 14.8 Å². The second-order valence-corrected chi connectivity index (χ2v) is 7.27. The summed E-state index contributed by atoms with van der Waals surface area (Å²) in [6, 6.07) is 20.7. The summed E-state index contributed by atoms with van der Waals surface area (Å²) in [5, 5.41) is 3.10. The van der Waals surface area contributed by atoms with Crippen molar-refractivity contribution in [2.75, 3.05) is 26.2 Å². The van der Waals surface area contributed by atoms with Crippen molar-refractivity contribution < 1.29 is 22.6 Å². The summed E-state index contributed by atoms with van der Waals surface area (Å²) in [6.45, 7) is 1.69. The first-order chi connectivity index (χ1) is 15.0. The molecule has 33 heavy (non-hydrogen) atoms. The van der Waals surface area contributed by atoms with E-state index in [1.165, 1.54) is 17.0 Å². The summed E-state index contributed by atoms with van der Waals surface area (Å²) >= 11 is 0. The highest BCUT2D eigenvalue weighted by molar-refractivity contribution is 5.85. The average molecular weight is 501 g/mol. The molecule has 1 fully saturated rings. The highest BCUT2D eigenvalue weighted by atomic mass is 35.5. The lowest BCUT2D eigenvalue weighted by Crippen LogP contribution is -2.49. The lowest BCUT2D eigenvalue weighted by molar-refractivity contribution is -0.187. The second kappa shape index (κ2) is 12.1. The predicted molar refractivity (Wildman–Crippen MR) is 127 cm³/mol. The summed E-state index contributed by atoms with van der Waals surface area (Å²) in [7, 11) is 0. The van der Waals surface area contributed by atoms with Gasteiger partial charge in [-0.3, -0.25) is 4.90 Å². The SMILES string of the molecule is Cl.Cl.FC(F)(F)[C@@H](c1ccc(Oc2ccccc2)c(Oc2ccccc2)c1)N1CCNCC1. The highest BCUT2D eigenvalue weighted by Gasteiger charge is 2.45. The number of halogens is 5. The summed E-state index contributed by atoms with van der Waals surface area (Å²) in [5.74, 6) is 1.67. The second-order valence-electron chi connectivity index (χ2n) is 7.27. The molecule has 4 rings (SSSR count). The van der Waals surface area contributed by atoms with Gasteiger partial charge in [-0.2, -0.15) is 13.2 Å². The molecule has 0 amide bonds. The van der Waals surface area contributed by atoms with E-state index < -0.39 is 12.2 Å². The number of nitrogens with one attached hydrogen (secondary N) is 1. The normalized spacial score (nSPS) is 15.0. The van der Waals surface area contributed by atoms with Gasteiger partial charge in [0.2, 0.25) is 0 Å². The first-order valence-corrected chi connectivity index (χ1v) is 10.1. The molecule has 0 unspecified atom stereocenters. The lowest BCUT2D eigenvalue weighted by atomic mass is 10.0. The number of alkyl halides is 3. The third kappa shape index (κ3) is 7.01. The molecule has 1 N–H and O–H groups in total. The Morgan fingerprint density at radius 1 is 0.727 bits per heavy atom. The number of hydrogen-bond donors (Lipinski definition) is 1. The van der Waals surface area contributed by atoms with E-state index in [1.807, 2.05) is 24.3 Å². The molecule has 0 aromatic heterocycles. The Balaban J connectivity index is 0.00000193. The molecule has 1 heterocycles. The lowest BCUT2D eigenvalue weighted by Gasteiger charge is -2.36. The van der Waals surface area contributed by atoms with E-state index in [-0.39, 0.29) is 36.1 Å². The Hall–Kier alpha value is -2.45. The van der Waals surface area contributed by atoms with Crippen LogP contribution >= 0.6 is 24.8 Å². The van der Waals surface area contributed by atoms with Gasteiger partial charge < -0.3 is 14.8 Å². The molecule has 3 aromatic rings. The van der Waals surface area contributed by atoms with Gasteiger partial charge in [0.05, 0.1) is 0 Å². The average Bonchev–Trinajstić information content (AvgIpc) is 2.77. The number of benzene rings is 3. The van der Waals surface area contributed by atoms with Gasteiger partial charge in [0.15, 0.2) is 11.5 Å². The summed E-state index contributed by atoms with van der Waals surface area (Å²) in [4.78, 5) is 1.45. The van der Waals surface area contributed by atoms with E-state index in [4.69, 9.17) is 9.47 Å². The van der Waals surface area contributed by atoms with Crippen molar-refractivity contribution >= 4 is 24.8 Å². The van der Waals surface area contributed by atoms with Gasteiger partial charge in [0, 0.05) is 26.2 Å². The van der Waals surface area contributed by atoms with Crippen LogP contribution in [0, 0.1) is 0 Å². The Morgan fingerprint density at radius 3 is 1.76 bits per heavy atom. The predicted octanol–water partition coefficient (Wildman–Crippen LogP) is 6.62. The molecule has 0 aliphatic carbocycles. The van der Waals surface area contributed by atoms with Crippen molar-refractivity contribution in [3.05, 3.63) is 84.4 Å². The van der Waals surface area contributed by atoms with Crippen molar-refractivity contribution in [3.8, 4) is 23.0 Å². The molecule has 1 aliphatic rings. The summed E-state index contributed by atoms with van der Waals surface area (Å²) in [6.07, 6.45) is -4.41. The molecule has 1 saturated heterocycles. The molecule has 1 atom stereocenters. The minimum absolute atomic E-state index is 0. The first-order valence-electron chi connectivity index (χ1n) is 10.1. The molecule has 178 valence electrons. The maximum atomic E-state index is 14.1. The smallest absolute Gasteiger partial charge is 0.408 e. The van der Waals surface area contributed by atoms with E-state index in [0.29, 0.717) is 43.4 Å². The monoisotopic (exact) mass is 500 g/mol. The van der Waals surface area contributed by atoms with Crippen LogP contribution in [0.5, 0.6) is 23.0 Å². The fourth-order valence-corrected chi connectivity index (χ4v) is 3.64. The Morgan fingerprint density at radius 2 is 1.24 bits per heavy atom. The van der Waals surface area contributed by atoms with E-state index in [9.17, 15) is 13.2 Å². The zero-order valence-electron chi connectivity index (χ0n) is 17.6. The first kappa shape index (κ1) is 26.8. The molecular weight excluding hydrogens is 476 g/mol. The third-order valence-electron chi connectivity index (χ3n) is 5.05. The maximum absolute atomic E-state index is 14.1. The topological polar surface area (TPSA) is 33.7 Å². The molecule has 3 aromatic carbocycles. The number of hydrogen-bond acceptors (Lipinski definition) is 4. The van der Waals surface area contributed by atoms with E-state index in [2.05, 4.69) is 5.32 Å². The molecule has 9 heteroatoms. The fourth-order valence-electron chi connectivity index (χ4n) is 3.64. The molecule has 0 saturated carbocycles. The minimum Gasteiger partial charge on any atom is -0.453 e. The van der Waals surface area contributed by atoms with Gasteiger partial charge in [-0.05, 0) is 42.0 Å². The summed E-state index contributed by atoms with van der Waals surface area (Å²) < 4.78 is 54.1.